The van der Waals surface area contributed by atoms with E-state index in [1.165, 1.54) is 12.8 Å². The first kappa shape index (κ1) is 15.4. The molecule has 0 spiro atoms. The Morgan fingerprint density at radius 3 is 3.04 bits per heavy atom. The Morgan fingerprint density at radius 1 is 1.38 bits per heavy atom. The van der Waals surface area contributed by atoms with Gasteiger partial charge in [0.2, 0.25) is 0 Å². The average Bonchev–Trinajstić information content (AvgIpc) is 3.20. The molecule has 0 bridgehead atoms. The summed E-state index contributed by atoms with van der Waals surface area (Å²) >= 11 is 3.55. The molecule has 24 heavy (non-hydrogen) atoms. The Balaban J connectivity index is 1.70. The number of aromatic nitrogens is 4. The highest BCUT2D eigenvalue weighted by Gasteiger charge is 2.23. The zero-order valence-corrected chi connectivity index (χ0v) is 15.1. The van der Waals surface area contributed by atoms with E-state index in [1.807, 2.05) is 16.8 Å². The van der Waals surface area contributed by atoms with Crippen LogP contribution in [0.25, 0.3) is 5.65 Å². The Hall–Kier alpha value is -2.15. The van der Waals surface area contributed by atoms with Crippen LogP contribution in [0.5, 0.6) is 0 Å². The van der Waals surface area contributed by atoms with E-state index in [0.717, 1.165) is 33.9 Å². The zero-order valence-electron chi connectivity index (χ0n) is 13.5. The van der Waals surface area contributed by atoms with E-state index in [4.69, 9.17) is 4.98 Å². The molecule has 124 valence electrons. The standard InChI is InChI=1S/C17H19BrN6/c1-12-4-3-7-23(12)16-8-15(20-10-13-5-2-6-19-9-13)24-17(22-16)14(18)11-21-24/h2,5-6,8-9,11-12,20H,3-4,7,10H2,1H3/t12-/m1/s1. The van der Waals surface area contributed by atoms with Crippen molar-refractivity contribution < 1.29 is 0 Å². The predicted molar refractivity (Wildman–Crippen MR) is 98.3 cm³/mol. The molecule has 3 aromatic rings. The van der Waals surface area contributed by atoms with E-state index >= 15 is 0 Å². The van der Waals surface area contributed by atoms with E-state index in [0.29, 0.717) is 12.6 Å². The summed E-state index contributed by atoms with van der Waals surface area (Å²) in [6.07, 6.45) is 7.87. The fraction of sp³-hybridized carbons (Fsp3) is 0.353. The second kappa shape index (κ2) is 6.39. The first-order chi connectivity index (χ1) is 11.7. The summed E-state index contributed by atoms with van der Waals surface area (Å²) in [5.41, 5.74) is 1.96. The predicted octanol–water partition coefficient (Wildman–Crippen LogP) is 3.49. The Bertz CT molecular complexity index is 847. The third-order valence-corrected chi connectivity index (χ3v) is 5.02. The number of anilines is 2. The summed E-state index contributed by atoms with van der Waals surface area (Å²) in [5, 5.41) is 7.90. The molecule has 0 aliphatic carbocycles. The van der Waals surface area contributed by atoms with E-state index in [9.17, 15) is 0 Å². The number of pyridine rings is 1. The molecule has 1 atom stereocenters. The van der Waals surface area contributed by atoms with Gasteiger partial charge in [-0.15, -0.1) is 0 Å². The third kappa shape index (κ3) is 2.84. The van der Waals surface area contributed by atoms with E-state index in [1.54, 1.807) is 12.4 Å². The maximum Gasteiger partial charge on any atom is 0.173 e. The van der Waals surface area contributed by atoms with Crippen LogP contribution in [0.2, 0.25) is 0 Å². The van der Waals surface area contributed by atoms with Crippen molar-refractivity contribution in [3.05, 3.63) is 46.8 Å². The highest BCUT2D eigenvalue weighted by molar-refractivity contribution is 9.10. The number of hydrogen-bond donors (Lipinski definition) is 1. The first-order valence-corrected chi connectivity index (χ1v) is 8.95. The molecule has 1 aliphatic rings. The minimum absolute atomic E-state index is 0.521. The van der Waals surface area contributed by atoms with Gasteiger partial charge in [0.1, 0.15) is 11.6 Å². The van der Waals surface area contributed by atoms with Gasteiger partial charge in [-0.3, -0.25) is 4.98 Å². The Kier molecular flexibility index (Phi) is 4.10. The lowest BCUT2D eigenvalue weighted by Gasteiger charge is -2.23. The van der Waals surface area contributed by atoms with Crippen molar-refractivity contribution >= 4 is 33.2 Å². The number of nitrogens with one attached hydrogen (secondary N) is 1. The fourth-order valence-electron chi connectivity index (χ4n) is 3.17. The summed E-state index contributed by atoms with van der Waals surface area (Å²) < 4.78 is 2.74. The van der Waals surface area contributed by atoms with Crippen LogP contribution in [-0.4, -0.2) is 32.2 Å². The van der Waals surface area contributed by atoms with Gasteiger partial charge in [0.15, 0.2) is 5.65 Å². The van der Waals surface area contributed by atoms with Crippen LogP contribution in [0, 0.1) is 0 Å². The van der Waals surface area contributed by atoms with E-state index in [2.05, 4.69) is 55.3 Å². The smallest absolute Gasteiger partial charge is 0.173 e. The Morgan fingerprint density at radius 2 is 2.29 bits per heavy atom. The number of nitrogens with zero attached hydrogens (tertiary/aromatic N) is 5. The summed E-state index contributed by atoms with van der Waals surface area (Å²) in [4.78, 5) is 11.3. The SMILES string of the molecule is C[C@@H]1CCCN1c1cc(NCc2cccnc2)n2ncc(Br)c2n1. The van der Waals surface area contributed by atoms with Crippen LogP contribution >= 0.6 is 15.9 Å². The second-order valence-electron chi connectivity index (χ2n) is 6.13. The molecule has 7 heteroatoms. The molecule has 1 aliphatic heterocycles. The van der Waals surface area contributed by atoms with Gasteiger partial charge in [-0.2, -0.15) is 9.61 Å². The first-order valence-electron chi connectivity index (χ1n) is 8.16. The largest absolute Gasteiger partial charge is 0.366 e. The van der Waals surface area contributed by atoms with Gasteiger partial charge in [-0.1, -0.05) is 6.07 Å². The van der Waals surface area contributed by atoms with Crippen molar-refractivity contribution in [2.24, 2.45) is 0 Å². The van der Waals surface area contributed by atoms with Gasteiger partial charge < -0.3 is 10.2 Å². The molecule has 3 aromatic heterocycles. The Labute approximate surface area is 149 Å². The van der Waals surface area contributed by atoms with Crippen molar-refractivity contribution in [2.75, 3.05) is 16.8 Å². The molecule has 4 rings (SSSR count). The summed E-state index contributed by atoms with van der Waals surface area (Å²) in [6, 6.07) is 6.61. The van der Waals surface area contributed by atoms with Gasteiger partial charge >= 0.3 is 0 Å². The lowest BCUT2D eigenvalue weighted by Crippen LogP contribution is -2.27. The van der Waals surface area contributed by atoms with Crippen molar-refractivity contribution in [1.29, 1.82) is 0 Å². The molecule has 0 aromatic carbocycles. The van der Waals surface area contributed by atoms with Crippen molar-refractivity contribution in [3.8, 4) is 0 Å². The topological polar surface area (TPSA) is 58.4 Å². The normalized spacial score (nSPS) is 17.6. The van der Waals surface area contributed by atoms with Gasteiger partial charge in [0.05, 0.1) is 10.7 Å². The van der Waals surface area contributed by atoms with Gasteiger partial charge in [-0.05, 0) is 47.3 Å². The number of fused-ring (bicyclic) bond motifs is 1. The quantitative estimate of drug-likeness (QED) is 0.743. The molecule has 0 saturated carbocycles. The summed E-state index contributed by atoms with van der Waals surface area (Å²) in [6.45, 7) is 4.00. The van der Waals surface area contributed by atoms with Crippen molar-refractivity contribution in [1.82, 2.24) is 19.6 Å². The second-order valence-corrected chi connectivity index (χ2v) is 6.98. The fourth-order valence-corrected chi connectivity index (χ4v) is 3.51. The zero-order chi connectivity index (χ0) is 16.5. The molecule has 0 amide bonds. The van der Waals surface area contributed by atoms with Crippen molar-refractivity contribution in [2.45, 2.75) is 32.4 Å². The van der Waals surface area contributed by atoms with Crippen LogP contribution in [0.4, 0.5) is 11.6 Å². The number of hydrogen-bond acceptors (Lipinski definition) is 5. The van der Waals surface area contributed by atoms with Gasteiger partial charge in [0.25, 0.3) is 0 Å². The number of halogens is 1. The molecular formula is C17H19BrN6. The van der Waals surface area contributed by atoms with Crippen LogP contribution < -0.4 is 10.2 Å². The molecule has 1 N–H and O–H groups in total. The minimum atomic E-state index is 0.521. The third-order valence-electron chi connectivity index (χ3n) is 4.46. The minimum Gasteiger partial charge on any atom is -0.366 e. The highest BCUT2D eigenvalue weighted by atomic mass is 79.9. The monoisotopic (exact) mass is 386 g/mol. The molecule has 0 unspecified atom stereocenters. The lowest BCUT2D eigenvalue weighted by atomic mass is 10.2. The molecule has 0 radical (unpaired) electrons. The van der Waals surface area contributed by atoms with Crippen LogP contribution in [-0.2, 0) is 6.54 Å². The maximum absolute atomic E-state index is 4.81. The van der Waals surface area contributed by atoms with Gasteiger partial charge in [0, 0.05) is 37.6 Å². The molecule has 1 fully saturated rings. The summed E-state index contributed by atoms with van der Waals surface area (Å²) in [7, 11) is 0. The van der Waals surface area contributed by atoms with Crippen molar-refractivity contribution in [3.63, 3.8) is 0 Å². The van der Waals surface area contributed by atoms with E-state index < -0.39 is 0 Å². The number of rotatable bonds is 4. The van der Waals surface area contributed by atoms with Gasteiger partial charge in [-0.25, -0.2) is 4.98 Å². The van der Waals surface area contributed by atoms with Crippen LogP contribution in [0.1, 0.15) is 25.3 Å². The summed E-state index contributed by atoms with van der Waals surface area (Å²) in [5.74, 6) is 1.94. The maximum atomic E-state index is 4.81. The lowest BCUT2D eigenvalue weighted by molar-refractivity contribution is 0.726. The molecular weight excluding hydrogens is 368 g/mol. The highest BCUT2D eigenvalue weighted by Crippen LogP contribution is 2.29. The molecule has 6 nitrogen and oxygen atoms in total. The average molecular weight is 387 g/mol. The van der Waals surface area contributed by atoms with E-state index in [-0.39, 0.29) is 0 Å². The van der Waals surface area contributed by atoms with Crippen LogP contribution in [0.3, 0.4) is 0 Å². The molecule has 4 heterocycles. The van der Waals surface area contributed by atoms with Crippen LogP contribution in [0.15, 0.2) is 41.3 Å². The molecule has 1 saturated heterocycles.